The van der Waals surface area contributed by atoms with E-state index in [2.05, 4.69) is 26.1 Å². The van der Waals surface area contributed by atoms with Crippen LogP contribution in [0.25, 0.3) is 0 Å². The molecule has 3 heteroatoms. The molecule has 0 aliphatic carbocycles. The zero-order chi connectivity index (χ0) is 13.7. The van der Waals surface area contributed by atoms with Gasteiger partial charge in [0.25, 0.3) is 0 Å². The van der Waals surface area contributed by atoms with Crippen molar-refractivity contribution in [2.24, 2.45) is 5.92 Å². The lowest BCUT2D eigenvalue weighted by Crippen LogP contribution is -2.35. The van der Waals surface area contributed by atoms with Crippen LogP contribution in [0.15, 0.2) is 18.2 Å². The highest BCUT2D eigenvalue weighted by Crippen LogP contribution is 2.23. The van der Waals surface area contributed by atoms with Crippen LogP contribution < -0.4 is 10.1 Å². The van der Waals surface area contributed by atoms with E-state index in [0.717, 1.165) is 6.42 Å². The van der Waals surface area contributed by atoms with Crippen molar-refractivity contribution in [2.75, 3.05) is 7.11 Å². The van der Waals surface area contributed by atoms with E-state index < -0.39 is 0 Å². The van der Waals surface area contributed by atoms with E-state index in [0.29, 0.717) is 23.3 Å². The molecule has 2 nitrogen and oxygen atoms in total. The number of hydrogen-bond donors (Lipinski definition) is 1. The Labute approximate surface area is 110 Å². The van der Waals surface area contributed by atoms with Crippen LogP contribution in [-0.4, -0.2) is 13.2 Å². The first-order valence-corrected chi connectivity index (χ1v) is 6.59. The van der Waals surface area contributed by atoms with E-state index in [1.54, 1.807) is 19.2 Å². The molecule has 102 valence electrons. The minimum absolute atomic E-state index is 0.00301. The summed E-state index contributed by atoms with van der Waals surface area (Å²) in [6.45, 7) is 8.50. The standard InChI is InChI=1S/C15H24FNO/c1-6-15(10(2)3)17-11(4)13-8-7-12(18-5)9-14(13)16/h7-11,15,17H,6H2,1-5H3. The summed E-state index contributed by atoms with van der Waals surface area (Å²) in [6, 6.07) is 5.43. The van der Waals surface area contributed by atoms with Crippen LogP contribution in [0.4, 0.5) is 4.39 Å². The highest BCUT2D eigenvalue weighted by atomic mass is 19.1. The Morgan fingerprint density at radius 3 is 2.39 bits per heavy atom. The number of nitrogens with one attached hydrogen (secondary N) is 1. The Morgan fingerprint density at radius 1 is 1.28 bits per heavy atom. The highest BCUT2D eigenvalue weighted by molar-refractivity contribution is 5.30. The Bertz CT molecular complexity index is 379. The summed E-state index contributed by atoms with van der Waals surface area (Å²) in [5.74, 6) is 0.881. The summed E-state index contributed by atoms with van der Waals surface area (Å²) in [6.07, 6.45) is 1.04. The van der Waals surface area contributed by atoms with Gasteiger partial charge in [-0.1, -0.05) is 26.8 Å². The topological polar surface area (TPSA) is 21.3 Å². The van der Waals surface area contributed by atoms with Gasteiger partial charge in [-0.15, -0.1) is 0 Å². The Kier molecular flexibility index (Phi) is 5.60. The quantitative estimate of drug-likeness (QED) is 0.829. The lowest BCUT2D eigenvalue weighted by molar-refractivity contribution is 0.350. The van der Waals surface area contributed by atoms with Gasteiger partial charge in [-0.3, -0.25) is 0 Å². The smallest absolute Gasteiger partial charge is 0.131 e. The summed E-state index contributed by atoms with van der Waals surface area (Å²) in [7, 11) is 1.54. The minimum Gasteiger partial charge on any atom is -0.497 e. The number of ether oxygens (including phenoxy) is 1. The van der Waals surface area contributed by atoms with Crippen molar-refractivity contribution in [1.82, 2.24) is 5.32 Å². The van der Waals surface area contributed by atoms with Crippen molar-refractivity contribution in [3.8, 4) is 5.75 Å². The molecule has 0 saturated heterocycles. The third kappa shape index (κ3) is 3.70. The number of methoxy groups -OCH3 is 1. The molecular formula is C15H24FNO. The summed E-state index contributed by atoms with van der Waals surface area (Å²) < 4.78 is 18.9. The van der Waals surface area contributed by atoms with Crippen molar-refractivity contribution in [3.63, 3.8) is 0 Å². The highest BCUT2D eigenvalue weighted by Gasteiger charge is 2.17. The van der Waals surface area contributed by atoms with Crippen LogP contribution >= 0.6 is 0 Å². The van der Waals surface area contributed by atoms with E-state index >= 15 is 0 Å². The van der Waals surface area contributed by atoms with Gasteiger partial charge in [0.15, 0.2) is 0 Å². The molecule has 0 spiro atoms. The van der Waals surface area contributed by atoms with E-state index in [9.17, 15) is 4.39 Å². The van der Waals surface area contributed by atoms with Crippen molar-refractivity contribution >= 4 is 0 Å². The predicted octanol–water partition coefficient (Wildman–Crippen LogP) is 3.92. The van der Waals surface area contributed by atoms with Crippen LogP contribution in [0.1, 0.15) is 45.7 Å². The molecule has 0 amide bonds. The first-order valence-electron chi connectivity index (χ1n) is 6.59. The van der Waals surface area contributed by atoms with E-state index in [4.69, 9.17) is 4.74 Å². The number of rotatable bonds is 6. The second kappa shape index (κ2) is 6.74. The number of benzene rings is 1. The number of halogens is 1. The van der Waals surface area contributed by atoms with E-state index in [1.165, 1.54) is 6.07 Å². The molecule has 2 unspecified atom stereocenters. The van der Waals surface area contributed by atoms with Crippen LogP contribution in [0, 0.1) is 11.7 Å². The average molecular weight is 253 g/mol. The van der Waals surface area contributed by atoms with Crippen molar-refractivity contribution in [1.29, 1.82) is 0 Å². The molecule has 0 aliphatic rings. The van der Waals surface area contributed by atoms with Gasteiger partial charge >= 0.3 is 0 Å². The van der Waals surface area contributed by atoms with Gasteiger partial charge in [-0.2, -0.15) is 0 Å². The van der Waals surface area contributed by atoms with Gasteiger partial charge in [-0.25, -0.2) is 4.39 Å². The lowest BCUT2D eigenvalue weighted by atomic mass is 9.99. The second-order valence-corrected chi connectivity index (χ2v) is 5.03. The first kappa shape index (κ1) is 15.0. The van der Waals surface area contributed by atoms with Crippen molar-refractivity contribution < 1.29 is 9.13 Å². The van der Waals surface area contributed by atoms with Gasteiger partial charge in [0, 0.05) is 23.7 Å². The van der Waals surface area contributed by atoms with Crippen LogP contribution in [0.5, 0.6) is 5.75 Å². The zero-order valence-corrected chi connectivity index (χ0v) is 12.0. The van der Waals surface area contributed by atoms with E-state index in [-0.39, 0.29) is 11.9 Å². The van der Waals surface area contributed by atoms with E-state index in [1.807, 2.05) is 6.92 Å². The molecule has 1 aromatic rings. The molecule has 0 aromatic heterocycles. The molecule has 0 bridgehead atoms. The Morgan fingerprint density at radius 2 is 1.94 bits per heavy atom. The fourth-order valence-electron chi connectivity index (χ4n) is 2.18. The fourth-order valence-corrected chi connectivity index (χ4v) is 2.18. The fraction of sp³-hybridized carbons (Fsp3) is 0.600. The first-order chi connectivity index (χ1) is 8.49. The molecule has 0 radical (unpaired) electrons. The van der Waals surface area contributed by atoms with Crippen molar-refractivity contribution in [3.05, 3.63) is 29.6 Å². The molecule has 0 saturated carbocycles. The Hall–Kier alpha value is -1.09. The largest absolute Gasteiger partial charge is 0.497 e. The summed E-state index contributed by atoms with van der Waals surface area (Å²) in [5.41, 5.74) is 0.690. The Balaban J connectivity index is 2.80. The second-order valence-electron chi connectivity index (χ2n) is 5.03. The molecule has 0 heterocycles. The normalized spacial score (nSPS) is 14.6. The number of hydrogen-bond acceptors (Lipinski definition) is 2. The van der Waals surface area contributed by atoms with Crippen LogP contribution in [0.2, 0.25) is 0 Å². The minimum atomic E-state index is -0.215. The summed E-state index contributed by atoms with van der Waals surface area (Å²) in [5, 5.41) is 3.48. The molecule has 2 atom stereocenters. The molecule has 1 rings (SSSR count). The molecule has 1 N–H and O–H groups in total. The maximum absolute atomic E-state index is 13.9. The average Bonchev–Trinajstić information content (AvgIpc) is 2.34. The van der Waals surface area contributed by atoms with Crippen LogP contribution in [0.3, 0.4) is 0 Å². The summed E-state index contributed by atoms with van der Waals surface area (Å²) in [4.78, 5) is 0. The maximum Gasteiger partial charge on any atom is 0.131 e. The molecule has 0 fully saturated rings. The van der Waals surface area contributed by atoms with Crippen LogP contribution in [-0.2, 0) is 0 Å². The van der Waals surface area contributed by atoms with Gasteiger partial charge in [0.05, 0.1) is 7.11 Å². The zero-order valence-electron chi connectivity index (χ0n) is 12.0. The third-order valence-corrected chi connectivity index (χ3v) is 3.38. The van der Waals surface area contributed by atoms with Crippen molar-refractivity contribution in [2.45, 2.75) is 46.2 Å². The summed E-state index contributed by atoms with van der Waals surface area (Å²) >= 11 is 0. The SMILES string of the molecule is CCC(NC(C)c1ccc(OC)cc1F)C(C)C. The lowest BCUT2D eigenvalue weighted by Gasteiger charge is -2.26. The molecule has 1 aromatic carbocycles. The molecule has 0 aliphatic heterocycles. The monoisotopic (exact) mass is 253 g/mol. The molecule has 18 heavy (non-hydrogen) atoms. The predicted molar refractivity (Wildman–Crippen MR) is 73.4 cm³/mol. The maximum atomic E-state index is 13.9. The van der Waals surface area contributed by atoms with Gasteiger partial charge < -0.3 is 10.1 Å². The van der Waals surface area contributed by atoms with Gasteiger partial charge in [0.2, 0.25) is 0 Å². The third-order valence-electron chi connectivity index (χ3n) is 3.38. The van der Waals surface area contributed by atoms with Gasteiger partial charge in [0.1, 0.15) is 11.6 Å². The van der Waals surface area contributed by atoms with Gasteiger partial charge in [-0.05, 0) is 25.3 Å². The molecular weight excluding hydrogens is 229 g/mol.